The van der Waals surface area contributed by atoms with Crippen molar-refractivity contribution in [3.8, 4) is 0 Å². The van der Waals surface area contributed by atoms with Crippen LogP contribution in [0.5, 0.6) is 0 Å². The first-order chi connectivity index (χ1) is 10.0. The van der Waals surface area contributed by atoms with Crippen LogP contribution in [0.3, 0.4) is 0 Å². The van der Waals surface area contributed by atoms with Crippen molar-refractivity contribution >= 4 is 17.3 Å². The number of carbonyl (C=O) groups is 1. The van der Waals surface area contributed by atoms with Crippen LogP contribution in [0.15, 0.2) is 18.2 Å². The van der Waals surface area contributed by atoms with Gasteiger partial charge in [0.2, 0.25) is 5.91 Å². The minimum Gasteiger partial charge on any atom is -0.382 e. The predicted molar refractivity (Wildman–Crippen MR) is 79.9 cm³/mol. The van der Waals surface area contributed by atoms with Gasteiger partial charge in [0.15, 0.2) is 0 Å². The summed E-state index contributed by atoms with van der Waals surface area (Å²) < 4.78 is 0. The highest BCUT2D eigenvalue weighted by atomic mass is 16.6. The van der Waals surface area contributed by atoms with Gasteiger partial charge in [0.1, 0.15) is 5.69 Å². The molecule has 0 bridgehead atoms. The molecule has 0 aliphatic carbocycles. The van der Waals surface area contributed by atoms with Crippen LogP contribution in [0.1, 0.15) is 24.8 Å². The van der Waals surface area contributed by atoms with Crippen LogP contribution in [-0.2, 0) is 11.3 Å². The van der Waals surface area contributed by atoms with Crippen molar-refractivity contribution in [1.82, 2.24) is 4.90 Å². The van der Waals surface area contributed by atoms with E-state index in [0.29, 0.717) is 12.2 Å². The summed E-state index contributed by atoms with van der Waals surface area (Å²) in [6.45, 7) is 1.25. The summed E-state index contributed by atoms with van der Waals surface area (Å²) >= 11 is 0. The molecule has 0 radical (unpaired) electrons. The fraction of sp³-hybridized carbons (Fsp3) is 0.500. The lowest BCUT2D eigenvalue weighted by atomic mass is 10.00. The number of hydrogen-bond acceptors (Lipinski definition) is 5. The Bertz CT molecular complexity index is 547. The maximum Gasteiger partial charge on any atom is 0.292 e. The van der Waals surface area contributed by atoms with Gasteiger partial charge >= 0.3 is 0 Å². The Hall–Kier alpha value is -2.15. The number of carbonyl (C=O) groups excluding carboxylic acids is 1. The Morgan fingerprint density at radius 1 is 1.52 bits per heavy atom. The summed E-state index contributed by atoms with van der Waals surface area (Å²) in [5.74, 6) is -0.328. The van der Waals surface area contributed by atoms with Crippen LogP contribution >= 0.6 is 0 Å². The molecule has 3 N–H and O–H groups in total. The smallest absolute Gasteiger partial charge is 0.292 e. The van der Waals surface area contributed by atoms with E-state index in [1.807, 2.05) is 11.0 Å². The Morgan fingerprint density at radius 2 is 2.29 bits per heavy atom. The number of nitro benzene ring substituents is 1. The molecule has 1 heterocycles. The van der Waals surface area contributed by atoms with Crippen molar-refractivity contribution in [3.63, 3.8) is 0 Å². The quantitative estimate of drug-likeness (QED) is 0.632. The van der Waals surface area contributed by atoms with Crippen molar-refractivity contribution in [2.45, 2.75) is 31.8 Å². The van der Waals surface area contributed by atoms with E-state index in [9.17, 15) is 14.9 Å². The molecule has 2 rings (SSSR count). The molecule has 1 atom stereocenters. The first-order valence-electron chi connectivity index (χ1n) is 7.02. The Kier molecular flexibility index (Phi) is 4.74. The molecule has 1 aliphatic rings. The van der Waals surface area contributed by atoms with Crippen LogP contribution in [0.25, 0.3) is 0 Å². The Labute approximate surface area is 123 Å². The molecular formula is C14H20N4O3. The highest BCUT2D eigenvalue weighted by Gasteiger charge is 2.28. The highest BCUT2D eigenvalue weighted by Crippen LogP contribution is 2.30. The molecule has 1 aromatic rings. The normalized spacial score (nSPS) is 19.2. The monoisotopic (exact) mass is 292 g/mol. The average molecular weight is 292 g/mol. The maximum atomic E-state index is 11.5. The molecule has 7 nitrogen and oxygen atoms in total. The van der Waals surface area contributed by atoms with E-state index in [2.05, 4.69) is 5.32 Å². The van der Waals surface area contributed by atoms with Gasteiger partial charge in [-0.2, -0.15) is 0 Å². The van der Waals surface area contributed by atoms with E-state index in [1.54, 1.807) is 13.1 Å². The Balaban J connectivity index is 2.27. The number of amides is 1. The van der Waals surface area contributed by atoms with Gasteiger partial charge in [0.05, 0.1) is 11.0 Å². The second-order valence-electron chi connectivity index (χ2n) is 5.20. The minimum absolute atomic E-state index is 0.0441. The second kappa shape index (κ2) is 6.53. The number of nitrogens with two attached hydrogens (primary N) is 1. The number of primary amides is 1. The molecule has 1 unspecified atom stereocenters. The van der Waals surface area contributed by atoms with Gasteiger partial charge in [-0.05, 0) is 24.9 Å². The van der Waals surface area contributed by atoms with E-state index in [-0.39, 0.29) is 17.6 Å². The third-order valence-corrected chi connectivity index (χ3v) is 3.89. The molecule has 1 fully saturated rings. The first-order valence-corrected chi connectivity index (χ1v) is 7.02. The van der Waals surface area contributed by atoms with Gasteiger partial charge in [-0.25, -0.2) is 0 Å². The summed E-state index contributed by atoms with van der Waals surface area (Å²) in [6, 6.07) is 4.68. The van der Waals surface area contributed by atoms with Gasteiger partial charge < -0.3 is 11.1 Å². The van der Waals surface area contributed by atoms with E-state index >= 15 is 0 Å². The van der Waals surface area contributed by atoms with Gasteiger partial charge in [-0.3, -0.25) is 19.8 Å². The van der Waals surface area contributed by atoms with E-state index in [1.165, 1.54) is 6.07 Å². The maximum absolute atomic E-state index is 11.5. The lowest BCUT2D eigenvalue weighted by Gasteiger charge is -2.33. The fourth-order valence-corrected chi connectivity index (χ4v) is 2.88. The third kappa shape index (κ3) is 3.30. The number of rotatable bonds is 5. The number of hydrogen-bond donors (Lipinski definition) is 2. The summed E-state index contributed by atoms with van der Waals surface area (Å²) in [4.78, 5) is 24.2. The summed E-state index contributed by atoms with van der Waals surface area (Å²) in [5.41, 5.74) is 6.80. The van der Waals surface area contributed by atoms with Crippen LogP contribution < -0.4 is 11.1 Å². The van der Waals surface area contributed by atoms with Gasteiger partial charge in [-0.1, -0.05) is 18.6 Å². The first kappa shape index (κ1) is 15.2. The average Bonchev–Trinajstić information content (AvgIpc) is 2.47. The number of nitrogens with one attached hydrogen (secondary N) is 1. The zero-order valence-corrected chi connectivity index (χ0v) is 12.0. The number of anilines is 1. The fourth-order valence-electron chi connectivity index (χ4n) is 2.88. The number of likely N-dealkylation sites (tertiary alicyclic amines) is 1. The predicted octanol–water partition coefficient (Wildman–Crippen LogP) is 1.48. The molecule has 0 saturated carbocycles. The van der Waals surface area contributed by atoms with Crippen LogP contribution in [0.4, 0.5) is 11.4 Å². The number of para-hydroxylation sites is 1. The number of piperidine rings is 1. The topological polar surface area (TPSA) is 102 Å². The lowest BCUT2D eigenvalue weighted by Crippen LogP contribution is -2.47. The van der Waals surface area contributed by atoms with E-state index in [4.69, 9.17) is 5.73 Å². The van der Waals surface area contributed by atoms with Crippen molar-refractivity contribution in [2.75, 3.05) is 18.9 Å². The second-order valence-corrected chi connectivity index (χ2v) is 5.20. The van der Waals surface area contributed by atoms with Crippen molar-refractivity contribution < 1.29 is 9.72 Å². The van der Waals surface area contributed by atoms with Crippen molar-refractivity contribution in [1.29, 1.82) is 0 Å². The molecule has 7 heteroatoms. The molecule has 0 aromatic heterocycles. The molecule has 1 aromatic carbocycles. The minimum atomic E-state index is -0.406. The SMILES string of the molecule is CNc1c(CN2CCCCC2C(N)=O)cccc1[N+](=O)[O-]. The standard InChI is InChI=1S/C14H20N4O3/c1-16-13-10(5-4-7-11(13)18(20)21)9-17-8-3-2-6-12(17)14(15)19/h4-5,7,12,16H,2-3,6,8-9H2,1H3,(H2,15,19). The van der Waals surface area contributed by atoms with Crippen LogP contribution in [0.2, 0.25) is 0 Å². The number of nitrogens with zero attached hydrogens (tertiary/aromatic N) is 2. The molecule has 1 aliphatic heterocycles. The zero-order valence-electron chi connectivity index (χ0n) is 12.0. The largest absolute Gasteiger partial charge is 0.382 e. The lowest BCUT2D eigenvalue weighted by molar-refractivity contribution is -0.384. The molecule has 1 amide bonds. The molecule has 0 spiro atoms. The zero-order chi connectivity index (χ0) is 15.4. The molecule has 1 saturated heterocycles. The highest BCUT2D eigenvalue weighted by molar-refractivity contribution is 5.80. The Morgan fingerprint density at radius 3 is 2.90 bits per heavy atom. The van der Waals surface area contributed by atoms with Crippen molar-refractivity contribution in [2.24, 2.45) is 5.73 Å². The van der Waals surface area contributed by atoms with Crippen molar-refractivity contribution in [3.05, 3.63) is 33.9 Å². The summed E-state index contributed by atoms with van der Waals surface area (Å²) in [7, 11) is 1.66. The number of nitro groups is 1. The number of benzene rings is 1. The van der Waals surface area contributed by atoms with E-state index < -0.39 is 4.92 Å². The molecule has 21 heavy (non-hydrogen) atoms. The summed E-state index contributed by atoms with van der Waals surface area (Å²) in [5, 5.41) is 14.0. The van der Waals surface area contributed by atoms with E-state index in [0.717, 1.165) is 31.4 Å². The van der Waals surface area contributed by atoms with Crippen LogP contribution in [-0.4, -0.2) is 35.4 Å². The molecule has 114 valence electrons. The van der Waals surface area contributed by atoms with Crippen LogP contribution in [0, 0.1) is 10.1 Å². The van der Waals surface area contributed by atoms with Gasteiger partial charge in [0.25, 0.3) is 5.69 Å². The van der Waals surface area contributed by atoms with Gasteiger partial charge in [0, 0.05) is 19.7 Å². The van der Waals surface area contributed by atoms with Gasteiger partial charge in [-0.15, -0.1) is 0 Å². The summed E-state index contributed by atoms with van der Waals surface area (Å²) in [6.07, 6.45) is 2.74. The third-order valence-electron chi connectivity index (χ3n) is 3.89. The molecular weight excluding hydrogens is 272 g/mol.